The van der Waals surface area contributed by atoms with Gasteiger partial charge in [-0.3, -0.25) is 0 Å². The molecule has 1 aliphatic heterocycles. The zero-order valence-electron chi connectivity index (χ0n) is 9.55. The summed E-state index contributed by atoms with van der Waals surface area (Å²) < 4.78 is 5.56. The first-order valence-electron chi connectivity index (χ1n) is 5.62. The van der Waals surface area contributed by atoms with Crippen LogP contribution in [-0.4, -0.2) is 12.5 Å². The minimum absolute atomic E-state index is 0.621. The Morgan fingerprint density at radius 1 is 1.43 bits per heavy atom. The van der Waals surface area contributed by atoms with E-state index in [4.69, 9.17) is 4.74 Å². The van der Waals surface area contributed by atoms with E-state index < -0.39 is 0 Å². The summed E-state index contributed by atoms with van der Waals surface area (Å²) >= 11 is 0. The molecule has 0 bridgehead atoms. The van der Waals surface area contributed by atoms with Crippen molar-refractivity contribution in [2.75, 3.05) is 6.61 Å². The molecule has 14 heavy (non-hydrogen) atoms. The fourth-order valence-electron chi connectivity index (χ4n) is 1.42. The highest BCUT2D eigenvalue weighted by Gasteiger charge is 2.10. The second-order valence-corrected chi connectivity index (χ2v) is 4.08. The highest BCUT2D eigenvalue weighted by molar-refractivity contribution is 5.78. The lowest BCUT2D eigenvalue weighted by Gasteiger charge is -2.16. The molecule has 1 heterocycles. The molecule has 1 aliphatic rings. The minimum atomic E-state index is 0.621. The predicted octanol–water partition coefficient (Wildman–Crippen LogP) is 3.54. The summed E-state index contributed by atoms with van der Waals surface area (Å²) in [6.45, 7) is 7.41. The molecule has 80 valence electrons. The number of nitrogens with zero attached hydrogens (tertiary/aromatic N) is 1. The molecule has 2 nitrogen and oxygen atoms in total. The first kappa shape index (κ1) is 11.3. The van der Waals surface area contributed by atoms with Crippen LogP contribution >= 0.6 is 0 Å². The van der Waals surface area contributed by atoms with Gasteiger partial charge in [-0.25, -0.2) is 4.99 Å². The number of allylic oxidation sites excluding steroid dienone is 1. The summed E-state index contributed by atoms with van der Waals surface area (Å²) in [6.07, 6.45) is 6.38. The molecule has 0 spiro atoms. The van der Waals surface area contributed by atoms with Crippen LogP contribution in [0.1, 0.15) is 46.5 Å². The molecule has 0 aromatic carbocycles. The molecule has 0 atom stereocenters. The molecule has 0 aromatic rings. The average Bonchev–Trinajstić information content (AvgIpc) is 2.19. The van der Waals surface area contributed by atoms with Crippen molar-refractivity contribution in [3.63, 3.8) is 0 Å². The second-order valence-electron chi connectivity index (χ2n) is 4.08. The van der Waals surface area contributed by atoms with Gasteiger partial charge in [0.2, 0.25) is 0 Å². The van der Waals surface area contributed by atoms with Gasteiger partial charge in [-0.2, -0.15) is 0 Å². The molecule has 0 saturated heterocycles. The predicted molar refractivity (Wildman–Crippen MR) is 60.5 cm³/mol. The van der Waals surface area contributed by atoms with Crippen LogP contribution in [0.5, 0.6) is 0 Å². The van der Waals surface area contributed by atoms with Gasteiger partial charge in [-0.1, -0.05) is 27.2 Å². The number of unbranched alkanes of at least 4 members (excludes halogenated alkanes) is 1. The van der Waals surface area contributed by atoms with Crippen molar-refractivity contribution < 1.29 is 4.74 Å². The molecule has 2 heteroatoms. The highest BCUT2D eigenvalue weighted by atomic mass is 16.5. The zero-order chi connectivity index (χ0) is 10.4. The Balaban J connectivity index is 2.35. The zero-order valence-corrected chi connectivity index (χ0v) is 9.55. The molecule has 0 unspecified atom stereocenters. The van der Waals surface area contributed by atoms with Crippen LogP contribution < -0.4 is 0 Å². The molecule has 1 rings (SSSR count). The van der Waals surface area contributed by atoms with Crippen molar-refractivity contribution >= 4 is 5.90 Å². The van der Waals surface area contributed by atoms with E-state index in [0.29, 0.717) is 5.92 Å². The van der Waals surface area contributed by atoms with E-state index in [2.05, 4.69) is 25.8 Å². The fourth-order valence-corrected chi connectivity index (χ4v) is 1.42. The first-order valence-corrected chi connectivity index (χ1v) is 5.62. The first-order chi connectivity index (χ1) is 6.74. The van der Waals surface area contributed by atoms with Gasteiger partial charge in [0.15, 0.2) is 5.90 Å². The largest absolute Gasteiger partial charge is 0.481 e. The van der Waals surface area contributed by atoms with Gasteiger partial charge in [0.1, 0.15) is 0 Å². The lowest BCUT2D eigenvalue weighted by Crippen LogP contribution is -2.10. The van der Waals surface area contributed by atoms with Crippen LogP contribution in [0.15, 0.2) is 16.8 Å². The van der Waals surface area contributed by atoms with E-state index in [1.54, 1.807) is 0 Å². The number of aliphatic imine (C=N–C) groups is 1. The maximum absolute atomic E-state index is 5.56. The van der Waals surface area contributed by atoms with Crippen molar-refractivity contribution in [2.45, 2.75) is 46.5 Å². The lowest BCUT2D eigenvalue weighted by molar-refractivity contribution is 0.286. The third kappa shape index (κ3) is 3.52. The van der Waals surface area contributed by atoms with Gasteiger partial charge in [-0.15, -0.1) is 0 Å². The summed E-state index contributed by atoms with van der Waals surface area (Å²) in [5, 5.41) is 0. The van der Waals surface area contributed by atoms with Crippen LogP contribution in [0, 0.1) is 5.92 Å². The third-order valence-electron chi connectivity index (χ3n) is 2.51. The molecule has 0 aliphatic carbocycles. The summed E-state index contributed by atoms with van der Waals surface area (Å²) in [5.74, 6) is 1.54. The van der Waals surface area contributed by atoms with Crippen molar-refractivity contribution in [1.29, 1.82) is 0 Å². The van der Waals surface area contributed by atoms with Crippen molar-refractivity contribution in [1.82, 2.24) is 0 Å². The van der Waals surface area contributed by atoms with E-state index >= 15 is 0 Å². The van der Waals surface area contributed by atoms with E-state index in [0.717, 1.165) is 31.8 Å². The van der Waals surface area contributed by atoms with Crippen molar-refractivity contribution in [3.8, 4) is 0 Å². The minimum Gasteiger partial charge on any atom is -0.481 e. The SMILES string of the molecule is CCCCOC1=NC=C(C(C)C)CC1. The van der Waals surface area contributed by atoms with Crippen LogP contribution in [0.4, 0.5) is 0 Å². The maximum Gasteiger partial charge on any atom is 0.188 e. The molecular weight excluding hydrogens is 174 g/mol. The number of ether oxygens (including phenoxy) is 1. The highest BCUT2D eigenvalue weighted by Crippen LogP contribution is 2.20. The molecular formula is C12H21NO. The van der Waals surface area contributed by atoms with Gasteiger partial charge < -0.3 is 4.74 Å². The average molecular weight is 195 g/mol. The summed E-state index contributed by atoms with van der Waals surface area (Å²) in [4.78, 5) is 4.34. The molecule has 0 radical (unpaired) electrons. The molecule has 0 N–H and O–H groups in total. The van der Waals surface area contributed by atoms with Gasteiger partial charge in [0, 0.05) is 12.6 Å². The van der Waals surface area contributed by atoms with Gasteiger partial charge >= 0.3 is 0 Å². The Morgan fingerprint density at radius 3 is 2.71 bits per heavy atom. The third-order valence-corrected chi connectivity index (χ3v) is 2.51. The van der Waals surface area contributed by atoms with Crippen LogP contribution in [0.3, 0.4) is 0 Å². The number of hydrogen-bond acceptors (Lipinski definition) is 2. The summed E-state index contributed by atoms with van der Waals surface area (Å²) in [5.41, 5.74) is 1.44. The van der Waals surface area contributed by atoms with Crippen LogP contribution in [-0.2, 0) is 4.74 Å². The number of rotatable bonds is 4. The summed E-state index contributed by atoms with van der Waals surface area (Å²) in [7, 11) is 0. The van der Waals surface area contributed by atoms with Gasteiger partial charge in [0.05, 0.1) is 6.61 Å². The monoisotopic (exact) mass is 195 g/mol. The summed E-state index contributed by atoms with van der Waals surface area (Å²) in [6, 6.07) is 0. The standard InChI is InChI=1S/C12H21NO/c1-4-5-8-14-12-7-6-11(9-13-12)10(2)3/h9-10H,4-8H2,1-3H3. The Morgan fingerprint density at radius 2 is 2.21 bits per heavy atom. The van der Waals surface area contributed by atoms with Gasteiger partial charge in [0.25, 0.3) is 0 Å². The molecule has 0 amide bonds. The van der Waals surface area contributed by atoms with Crippen molar-refractivity contribution in [3.05, 3.63) is 11.8 Å². The number of hydrogen-bond donors (Lipinski definition) is 0. The maximum atomic E-state index is 5.56. The second kappa shape index (κ2) is 5.84. The van der Waals surface area contributed by atoms with E-state index in [9.17, 15) is 0 Å². The van der Waals surface area contributed by atoms with Crippen LogP contribution in [0.25, 0.3) is 0 Å². The van der Waals surface area contributed by atoms with Crippen LogP contribution in [0.2, 0.25) is 0 Å². The van der Waals surface area contributed by atoms with E-state index in [1.165, 1.54) is 12.0 Å². The van der Waals surface area contributed by atoms with E-state index in [-0.39, 0.29) is 0 Å². The molecule has 0 saturated carbocycles. The fraction of sp³-hybridized carbons (Fsp3) is 0.750. The Labute approximate surface area is 87.1 Å². The lowest BCUT2D eigenvalue weighted by atomic mass is 9.98. The topological polar surface area (TPSA) is 21.6 Å². The Kier molecular flexibility index (Phi) is 4.71. The van der Waals surface area contributed by atoms with E-state index in [1.807, 2.05) is 6.20 Å². The van der Waals surface area contributed by atoms with Crippen molar-refractivity contribution in [2.24, 2.45) is 10.9 Å². The quantitative estimate of drug-likeness (QED) is 0.629. The Hall–Kier alpha value is -0.790. The van der Waals surface area contributed by atoms with Gasteiger partial charge in [-0.05, 0) is 24.3 Å². The Bertz CT molecular complexity index is 228. The molecule has 0 fully saturated rings. The smallest absolute Gasteiger partial charge is 0.188 e. The molecule has 0 aromatic heterocycles. The normalized spacial score (nSPS) is 16.6.